The van der Waals surface area contributed by atoms with E-state index in [-0.39, 0.29) is 24.8 Å². The van der Waals surface area contributed by atoms with Crippen LogP contribution in [0.3, 0.4) is 0 Å². The van der Waals surface area contributed by atoms with Crippen LogP contribution in [-0.4, -0.2) is 35.9 Å². The zero-order valence-corrected chi connectivity index (χ0v) is 23.6. The quantitative estimate of drug-likeness (QED) is 0.240. The first-order valence-electron chi connectivity index (χ1n) is 13.5. The molecule has 1 unspecified atom stereocenters. The van der Waals surface area contributed by atoms with E-state index in [4.69, 9.17) is 14.5 Å². The summed E-state index contributed by atoms with van der Waals surface area (Å²) in [5.41, 5.74) is 3.99. The van der Waals surface area contributed by atoms with Gasteiger partial charge < -0.3 is 20.1 Å². The number of aryl methyl sites for hydroxylation is 1. The molecule has 0 spiro atoms. The number of anilines is 1. The van der Waals surface area contributed by atoms with Crippen molar-refractivity contribution in [1.29, 1.82) is 0 Å². The van der Waals surface area contributed by atoms with Gasteiger partial charge in [-0.25, -0.2) is 9.18 Å². The molecule has 0 aromatic heterocycles. The van der Waals surface area contributed by atoms with Crippen molar-refractivity contribution in [1.82, 2.24) is 5.32 Å². The number of carbonyl (C=O) groups is 3. The van der Waals surface area contributed by atoms with Gasteiger partial charge in [0.1, 0.15) is 17.3 Å². The molecule has 0 saturated heterocycles. The number of fused-ring (bicyclic) bond motifs is 1. The molecule has 1 aliphatic rings. The Morgan fingerprint density at radius 3 is 2.49 bits per heavy atom. The number of aliphatic imine (C=N–C) groups is 1. The summed E-state index contributed by atoms with van der Waals surface area (Å²) >= 11 is 0. The van der Waals surface area contributed by atoms with E-state index in [9.17, 15) is 18.8 Å². The van der Waals surface area contributed by atoms with E-state index < -0.39 is 23.4 Å². The average Bonchev–Trinajstić information content (AvgIpc) is 3.23. The lowest BCUT2D eigenvalue weighted by Gasteiger charge is -2.19. The molecule has 41 heavy (non-hydrogen) atoms. The maximum atomic E-state index is 13.9. The minimum atomic E-state index is -0.764. The molecule has 4 rings (SSSR count). The molecule has 1 aliphatic heterocycles. The largest absolute Gasteiger partial charge is 0.466 e. The van der Waals surface area contributed by atoms with Gasteiger partial charge in [-0.3, -0.25) is 14.6 Å². The molecule has 3 aromatic rings. The molecule has 0 radical (unpaired) electrons. The number of hydrogen-bond donors (Lipinski definition) is 2. The van der Waals surface area contributed by atoms with Gasteiger partial charge >= 0.3 is 12.1 Å². The molecule has 2 amide bonds. The maximum absolute atomic E-state index is 13.9. The Morgan fingerprint density at radius 2 is 1.78 bits per heavy atom. The number of amides is 2. The van der Waals surface area contributed by atoms with Gasteiger partial charge in [0.2, 0.25) is 5.91 Å². The fourth-order valence-electron chi connectivity index (χ4n) is 4.48. The average molecular weight is 560 g/mol. The van der Waals surface area contributed by atoms with Crippen molar-refractivity contribution < 1.29 is 28.2 Å². The lowest BCUT2D eigenvalue weighted by Crippen LogP contribution is -2.32. The second kappa shape index (κ2) is 12.8. The minimum absolute atomic E-state index is 0.231. The molecular weight excluding hydrogens is 525 g/mol. The summed E-state index contributed by atoms with van der Waals surface area (Å²) in [5, 5.41) is 5.50. The predicted octanol–water partition coefficient (Wildman–Crippen LogP) is 6.20. The Labute approximate surface area is 239 Å². The molecule has 0 saturated carbocycles. The van der Waals surface area contributed by atoms with Crippen LogP contribution >= 0.6 is 0 Å². The summed E-state index contributed by atoms with van der Waals surface area (Å²) in [5.74, 6) is -1.79. The summed E-state index contributed by atoms with van der Waals surface area (Å²) in [7, 11) is 0. The minimum Gasteiger partial charge on any atom is -0.466 e. The number of ether oxygens (including phenoxy) is 2. The van der Waals surface area contributed by atoms with Gasteiger partial charge in [-0.05, 0) is 86.7 Å². The second-order valence-corrected chi connectivity index (χ2v) is 10.7. The third-order valence-electron chi connectivity index (χ3n) is 6.29. The standard InChI is InChI=1S/C32H34FN3O5/c1-5-40-27(37)16-11-20-7-6-8-22(17-20)29(28-25-15-12-23(33)18-26(25)36-30(28)38)35-24-13-9-21(10-14-24)19-34-31(39)41-32(2,3)4/h6-10,12-15,17-18,28H,5,11,16,19H2,1-4H3,(H,34,39)(H,36,38). The molecule has 1 atom stereocenters. The third kappa shape index (κ3) is 8.00. The number of benzene rings is 3. The first-order valence-corrected chi connectivity index (χ1v) is 13.5. The van der Waals surface area contributed by atoms with Crippen molar-refractivity contribution in [2.75, 3.05) is 11.9 Å². The molecular formula is C32H34FN3O5. The third-order valence-corrected chi connectivity index (χ3v) is 6.29. The van der Waals surface area contributed by atoms with Crippen molar-refractivity contribution in [3.63, 3.8) is 0 Å². The van der Waals surface area contributed by atoms with Crippen molar-refractivity contribution in [2.24, 2.45) is 4.99 Å². The number of hydrogen-bond acceptors (Lipinski definition) is 6. The summed E-state index contributed by atoms with van der Waals surface area (Å²) in [4.78, 5) is 42.0. The number of alkyl carbamates (subject to hydrolysis) is 1. The highest BCUT2D eigenvalue weighted by molar-refractivity contribution is 6.24. The molecule has 0 fully saturated rings. The number of rotatable bonds is 9. The van der Waals surface area contributed by atoms with E-state index in [1.165, 1.54) is 12.1 Å². The molecule has 8 nitrogen and oxygen atoms in total. The van der Waals surface area contributed by atoms with Crippen LogP contribution in [0.25, 0.3) is 0 Å². The Balaban J connectivity index is 1.64. The highest BCUT2D eigenvalue weighted by Crippen LogP contribution is 2.37. The van der Waals surface area contributed by atoms with Crippen LogP contribution in [0.4, 0.5) is 20.6 Å². The fraction of sp³-hybridized carbons (Fsp3) is 0.312. The van der Waals surface area contributed by atoms with E-state index in [2.05, 4.69) is 10.6 Å². The zero-order valence-electron chi connectivity index (χ0n) is 23.6. The number of nitrogens with one attached hydrogen (secondary N) is 2. The summed E-state index contributed by atoms with van der Waals surface area (Å²) in [6, 6.07) is 19.0. The summed E-state index contributed by atoms with van der Waals surface area (Å²) in [6.07, 6.45) is 0.194. The van der Waals surface area contributed by atoms with E-state index in [1.807, 2.05) is 36.4 Å². The van der Waals surface area contributed by atoms with Gasteiger partial charge in [-0.2, -0.15) is 0 Å². The maximum Gasteiger partial charge on any atom is 0.407 e. The van der Waals surface area contributed by atoms with E-state index in [1.54, 1.807) is 45.9 Å². The molecule has 214 valence electrons. The van der Waals surface area contributed by atoms with Crippen molar-refractivity contribution >= 4 is 35.1 Å². The van der Waals surface area contributed by atoms with E-state index in [0.29, 0.717) is 41.2 Å². The lowest BCUT2D eigenvalue weighted by molar-refractivity contribution is -0.143. The first kappa shape index (κ1) is 29.5. The molecule has 3 aromatic carbocycles. The normalized spacial score (nSPS) is 14.7. The number of carbonyl (C=O) groups excluding carboxylic acids is 3. The van der Waals surface area contributed by atoms with Crippen LogP contribution in [0.2, 0.25) is 0 Å². The number of halogens is 1. The van der Waals surface area contributed by atoms with Gasteiger partial charge in [0, 0.05) is 18.7 Å². The number of nitrogens with zero attached hydrogens (tertiary/aromatic N) is 1. The monoisotopic (exact) mass is 559 g/mol. The molecule has 1 heterocycles. The SMILES string of the molecule is CCOC(=O)CCc1cccc(C(=Nc2ccc(CNC(=O)OC(C)(C)C)cc2)C2C(=O)Nc3cc(F)ccc32)c1. The summed E-state index contributed by atoms with van der Waals surface area (Å²) < 4.78 is 24.3. The fourth-order valence-corrected chi connectivity index (χ4v) is 4.48. The van der Waals surface area contributed by atoms with Gasteiger partial charge in [-0.15, -0.1) is 0 Å². The van der Waals surface area contributed by atoms with Gasteiger partial charge in [0.25, 0.3) is 0 Å². The summed E-state index contributed by atoms with van der Waals surface area (Å²) in [6.45, 7) is 7.76. The van der Waals surface area contributed by atoms with Crippen molar-refractivity contribution in [2.45, 2.75) is 58.6 Å². The topological polar surface area (TPSA) is 106 Å². The Morgan fingerprint density at radius 1 is 1.02 bits per heavy atom. The van der Waals surface area contributed by atoms with Crippen molar-refractivity contribution in [3.05, 3.63) is 94.8 Å². The van der Waals surface area contributed by atoms with E-state index in [0.717, 1.165) is 11.1 Å². The molecule has 0 aliphatic carbocycles. The van der Waals surface area contributed by atoms with Gasteiger partial charge in [0.05, 0.1) is 18.0 Å². The van der Waals surface area contributed by atoms with Gasteiger partial charge in [-0.1, -0.05) is 36.4 Å². The Bertz CT molecular complexity index is 1460. The van der Waals surface area contributed by atoms with E-state index >= 15 is 0 Å². The van der Waals surface area contributed by atoms with Gasteiger partial charge in [0.15, 0.2) is 0 Å². The van der Waals surface area contributed by atoms with Crippen LogP contribution in [-0.2, 0) is 32.0 Å². The Kier molecular flexibility index (Phi) is 9.17. The van der Waals surface area contributed by atoms with Crippen LogP contribution in [0.5, 0.6) is 0 Å². The second-order valence-electron chi connectivity index (χ2n) is 10.7. The predicted molar refractivity (Wildman–Crippen MR) is 155 cm³/mol. The van der Waals surface area contributed by atoms with Crippen LogP contribution in [0.15, 0.2) is 71.7 Å². The zero-order chi connectivity index (χ0) is 29.6. The van der Waals surface area contributed by atoms with Crippen LogP contribution in [0, 0.1) is 5.82 Å². The lowest BCUT2D eigenvalue weighted by atomic mass is 9.89. The highest BCUT2D eigenvalue weighted by atomic mass is 19.1. The highest BCUT2D eigenvalue weighted by Gasteiger charge is 2.35. The smallest absolute Gasteiger partial charge is 0.407 e. The van der Waals surface area contributed by atoms with Crippen molar-refractivity contribution in [3.8, 4) is 0 Å². The van der Waals surface area contributed by atoms with Crippen LogP contribution < -0.4 is 10.6 Å². The first-order chi connectivity index (χ1) is 19.5. The van der Waals surface area contributed by atoms with Crippen LogP contribution in [0.1, 0.15) is 62.3 Å². The molecule has 2 N–H and O–H groups in total. The number of esters is 1. The molecule has 0 bridgehead atoms. The molecule has 9 heteroatoms. The Hall–Kier alpha value is -4.53.